The molecule has 0 saturated heterocycles. The summed E-state index contributed by atoms with van der Waals surface area (Å²) in [5.74, 6) is -0.343. The van der Waals surface area contributed by atoms with E-state index in [1.165, 1.54) is 18.2 Å². The summed E-state index contributed by atoms with van der Waals surface area (Å²) in [5, 5.41) is 13.7. The monoisotopic (exact) mass is 278 g/mol. The van der Waals surface area contributed by atoms with Crippen LogP contribution in [-0.2, 0) is 0 Å². The van der Waals surface area contributed by atoms with E-state index in [1.807, 2.05) is 0 Å². The first-order chi connectivity index (χ1) is 9.10. The molecule has 0 aromatic heterocycles. The lowest BCUT2D eigenvalue weighted by molar-refractivity contribution is -0.385. The van der Waals surface area contributed by atoms with Crippen LogP contribution >= 0.6 is 11.8 Å². The van der Waals surface area contributed by atoms with Crippen molar-refractivity contribution in [3.63, 3.8) is 0 Å². The minimum atomic E-state index is -0.466. The fourth-order valence-electron chi connectivity index (χ4n) is 1.55. The van der Waals surface area contributed by atoms with Crippen LogP contribution in [0.25, 0.3) is 0 Å². The second-order valence-corrected chi connectivity index (χ2v) is 4.87. The molecular weight excluding hydrogens is 267 g/mol. The third kappa shape index (κ3) is 3.23. The number of halogens is 1. The minimum absolute atomic E-state index is 0.0225. The van der Waals surface area contributed by atoms with E-state index >= 15 is 0 Å². The number of hydrogen-bond acceptors (Lipinski definition) is 4. The summed E-state index contributed by atoms with van der Waals surface area (Å²) in [4.78, 5) is 11.4. The number of nitro benzene ring substituents is 1. The molecule has 6 heteroatoms. The Kier molecular flexibility index (Phi) is 4.01. The highest BCUT2D eigenvalue weighted by atomic mass is 32.2. The smallest absolute Gasteiger partial charge is 0.272 e. The van der Waals surface area contributed by atoms with Gasteiger partial charge >= 0.3 is 0 Å². The van der Waals surface area contributed by atoms with Crippen molar-refractivity contribution < 1.29 is 9.31 Å². The van der Waals surface area contributed by atoms with Crippen LogP contribution in [0.3, 0.4) is 0 Å². The van der Waals surface area contributed by atoms with Crippen LogP contribution in [0.1, 0.15) is 0 Å². The lowest BCUT2D eigenvalue weighted by atomic mass is 10.3. The molecule has 1 N–H and O–H groups in total. The standard InChI is InChI=1S/C13H11FN2O2S/c1-15-9-6-10(16(17)18)8-11(7-9)19-13-5-3-2-4-12(13)14/h2-8,15H,1H3. The highest BCUT2D eigenvalue weighted by Gasteiger charge is 2.11. The SMILES string of the molecule is CNc1cc(Sc2ccccc2F)cc([N+](=O)[O-])c1. The molecule has 0 aliphatic carbocycles. The van der Waals surface area contributed by atoms with E-state index in [1.54, 1.807) is 31.3 Å². The van der Waals surface area contributed by atoms with Gasteiger partial charge in [0.05, 0.1) is 4.92 Å². The second kappa shape index (κ2) is 5.71. The van der Waals surface area contributed by atoms with Crippen LogP contribution in [0, 0.1) is 15.9 Å². The summed E-state index contributed by atoms with van der Waals surface area (Å²) in [7, 11) is 1.68. The molecule has 0 heterocycles. The van der Waals surface area contributed by atoms with Crippen LogP contribution in [0.4, 0.5) is 15.8 Å². The molecule has 0 saturated carbocycles. The van der Waals surface area contributed by atoms with E-state index in [0.717, 1.165) is 11.8 Å². The normalized spacial score (nSPS) is 10.2. The minimum Gasteiger partial charge on any atom is -0.388 e. The number of nitrogens with zero attached hydrogens (tertiary/aromatic N) is 1. The highest BCUT2D eigenvalue weighted by Crippen LogP contribution is 2.33. The molecule has 0 unspecified atom stereocenters. The maximum absolute atomic E-state index is 13.5. The van der Waals surface area contributed by atoms with Crippen LogP contribution in [0.15, 0.2) is 52.3 Å². The van der Waals surface area contributed by atoms with Gasteiger partial charge in [-0.15, -0.1) is 0 Å². The van der Waals surface area contributed by atoms with E-state index in [4.69, 9.17) is 0 Å². The van der Waals surface area contributed by atoms with Gasteiger partial charge in [-0.05, 0) is 18.2 Å². The zero-order valence-electron chi connectivity index (χ0n) is 10.1. The topological polar surface area (TPSA) is 55.2 Å². The Bertz CT molecular complexity index is 619. The number of nitrogens with one attached hydrogen (secondary N) is 1. The van der Waals surface area contributed by atoms with E-state index in [-0.39, 0.29) is 11.5 Å². The molecule has 98 valence electrons. The van der Waals surface area contributed by atoms with Gasteiger partial charge in [0.2, 0.25) is 0 Å². The highest BCUT2D eigenvalue weighted by molar-refractivity contribution is 7.99. The molecule has 0 atom stereocenters. The van der Waals surface area contributed by atoms with Gasteiger partial charge in [0, 0.05) is 34.7 Å². The lowest BCUT2D eigenvalue weighted by Crippen LogP contribution is -1.93. The number of rotatable bonds is 4. The Balaban J connectivity index is 2.37. The number of anilines is 1. The zero-order valence-corrected chi connectivity index (χ0v) is 10.9. The first kappa shape index (κ1) is 13.4. The summed E-state index contributed by atoms with van der Waals surface area (Å²) in [6.45, 7) is 0. The van der Waals surface area contributed by atoms with Gasteiger partial charge in [0.25, 0.3) is 5.69 Å². The van der Waals surface area contributed by atoms with Gasteiger partial charge in [0.15, 0.2) is 0 Å². The van der Waals surface area contributed by atoms with Crippen molar-refractivity contribution >= 4 is 23.1 Å². The maximum Gasteiger partial charge on any atom is 0.272 e. The van der Waals surface area contributed by atoms with Crippen molar-refractivity contribution in [3.05, 3.63) is 58.4 Å². The first-order valence-corrected chi connectivity index (χ1v) is 6.31. The Morgan fingerprint density at radius 3 is 2.63 bits per heavy atom. The van der Waals surface area contributed by atoms with Crippen molar-refractivity contribution in [2.75, 3.05) is 12.4 Å². The number of hydrogen-bond donors (Lipinski definition) is 1. The fourth-order valence-corrected chi connectivity index (χ4v) is 2.48. The third-order valence-electron chi connectivity index (χ3n) is 2.46. The Morgan fingerprint density at radius 2 is 2.00 bits per heavy atom. The molecule has 2 aromatic carbocycles. The molecule has 0 spiro atoms. The predicted molar refractivity (Wildman–Crippen MR) is 73.2 cm³/mol. The molecule has 0 aliphatic rings. The van der Waals surface area contributed by atoms with Gasteiger partial charge in [-0.1, -0.05) is 23.9 Å². The quantitative estimate of drug-likeness (QED) is 0.680. The Labute approximate surface area is 113 Å². The number of nitro groups is 1. The summed E-state index contributed by atoms with van der Waals surface area (Å²) in [6, 6.07) is 10.9. The van der Waals surface area contributed by atoms with E-state index < -0.39 is 4.92 Å². The molecule has 2 rings (SSSR count). The molecule has 19 heavy (non-hydrogen) atoms. The van der Waals surface area contributed by atoms with Crippen LogP contribution in [0.5, 0.6) is 0 Å². The largest absolute Gasteiger partial charge is 0.388 e. The molecule has 0 bridgehead atoms. The Hall–Kier alpha value is -2.08. The molecule has 0 amide bonds. The van der Waals surface area contributed by atoms with Gasteiger partial charge in [0.1, 0.15) is 5.82 Å². The first-order valence-electron chi connectivity index (χ1n) is 5.50. The lowest BCUT2D eigenvalue weighted by Gasteiger charge is -2.06. The molecular formula is C13H11FN2O2S. The summed E-state index contributed by atoms with van der Waals surface area (Å²) in [6.07, 6.45) is 0. The van der Waals surface area contributed by atoms with E-state index in [2.05, 4.69) is 5.32 Å². The fraction of sp³-hybridized carbons (Fsp3) is 0.0769. The van der Waals surface area contributed by atoms with Crippen LogP contribution in [0.2, 0.25) is 0 Å². The third-order valence-corrected chi connectivity index (χ3v) is 3.48. The van der Waals surface area contributed by atoms with Crippen LogP contribution < -0.4 is 5.32 Å². The molecule has 2 aromatic rings. The van der Waals surface area contributed by atoms with Crippen molar-refractivity contribution in [3.8, 4) is 0 Å². The average Bonchev–Trinajstić information content (AvgIpc) is 2.41. The Morgan fingerprint density at radius 1 is 1.26 bits per heavy atom. The second-order valence-electron chi connectivity index (χ2n) is 3.76. The molecule has 0 radical (unpaired) electrons. The van der Waals surface area contributed by atoms with Gasteiger partial charge < -0.3 is 5.32 Å². The summed E-state index contributed by atoms with van der Waals surface area (Å²) < 4.78 is 13.5. The molecule has 4 nitrogen and oxygen atoms in total. The number of non-ortho nitro benzene ring substituents is 1. The summed E-state index contributed by atoms with van der Waals surface area (Å²) in [5.41, 5.74) is 0.596. The van der Waals surface area contributed by atoms with Crippen LogP contribution in [-0.4, -0.2) is 12.0 Å². The van der Waals surface area contributed by atoms with Crippen molar-refractivity contribution in [1.29, 1.82) is 0 Å². The van der Waals surface area contributed by atoms with E-state index in [9.17, 15) is 14.5 Å². The van der Waals surface area contributed by atoms with Gasteiger partial charge in [-0.25, -0.2) is 4.39 Å². The van der Waals surface area contributed by atoms with Crippen molar-refractivity contribution in [2.24, 2.45) is 0 Å². The molecule has 0 fully saturated rings. The predicted octanol–water partition coefficient (Wildman–Crippen LogP) is 3.93. The number of benzene rings is 2. The summed E-state index contributed by atoms with van der Waals surface area (Å²) >= 11 is 1.16. The average molecular weight is 278 g/mol. The van der Waals surface area contributed by atoms with Gasteiger partial charge in [-0.3, -0.25) is 10.1 Å². The molecule has 0 aliphatic heterocycles. The van der Waals surface area contributed by atoms with Crippen molar-refractivity contribution in [2.45, 2.75) is 9.79 Å². The van der Waals surface area contributed by atoms with Gasteiger partial charge in [-0.2, -0.15) is 0 Å². The maximum atomic E-state index is 13.5. The zero-order chi connectivity index (χ0) is 13.8. The van der Waals surface area contributed by atoms with E-state index in [0.29, 0.717) is 15.5 Å². The van der Waals surface area contributed by atoms with Crippen molar-refractivity contribution in [1.82, 2.24) is 0 Å².